The molecule has 0 unspecified atom stereocenters. The van der Waals surface area contributed by atoms with E-state index < -0.39 is 6.03 Å². The SMILES string of the molecule is Cc1nc[nH]c1C.NC(N)=O. The molecule has 0 spiro atoms. The highest BCUT2D eigenvalue weighted by molar-refractivity contribution is 5.69. The third kappa shape index (κ3) is 4.95. The molecule has 0 bridgehead atoms. The van der Waals surface area contributed by atoms with Crippen molar-refractivity contribution in [2.75, 3.05) is 0 Å². The molecule has 1 heterocycles. The number of nitrogens with two attached hydrogens (primary N) is 2. The number of aryl methyl sites for hydroxylation is 2. The van der Waals surface area contributed by atoms with Crippen LogP contribution in [0.4, 0.5) is 4.79 Å². The summed E-state index contributed by atoms with van der Waals surface area (Å²) in [6, 6.07) is -0.833. The third-order valence-corrected chi connectivity index (χ3v) is 1.08. The Balaban J connectivity index is 0.000000218. The Morgan fingerprint density at radius 3 is 2.09 bits per heavy atom. The molecule has 0 aliphatic carbocycles. The summed E-state index contributed by atoms with van der Waals surface area (Å²) < 4.78 is 0. The van der Waals surface area contributed by atoms with Crippen molar-refractivity contribution in [3.63, 3.8) is 0 Å². The van der Waals surface area contributed by atoms with Crippen LogP contribution < -0.4 is 11.5 Å². The number of carbonyl (C=O) groups excluding carboxylic acids is 1. The maximum Gasteiger partial charge on any atom is 0.309 e. The Labute approximate surface area is 64.8 Å². The number of aromatic amines is 1. The first-order valence-corrected chi connectivity index (χ1v) is 3.05. The number of aromatic nitrogens is 2. The zero-order valence-electron chi connectivity index (χ0n) is 6.59. The molecule has 5 N–H and O–H groups in total. The minimum absolute atomic E-state index is 0.833. The fourth-order valence-corrected chi connectivity index (χ4v) is 0.427. The molecule has 1 rings (SSSR count). The van der Waals surface area contributed by atoms with Gasteiger partial charge in [0.1, 0.15) is 0 Å². The zero-order chi connectivity index (χ0) is 8.85. The standard InChI is InChI=1S/C5H8N2.CH4N2O/c1-4-5(2)7-3-6-4;2-1(3)4/h3H,1-2H3,(H,6,7);(H4,2,3,4). The van der Waals surface area contributed by atoms with Crippen LogP contribution in [0.15, 0.2) is 6.33 Å². The van der Waals surface area contributed by atoms with Gasteiger partial charge in [0, 0.05) is 5.69 Å². The lowest BCUT2D eigenvalue weighted by Gasteiger charge is -1.79. The van der Waals surface area contributed by atoms with Gasteiger partial charge in [-0.1, -0.05) is 0 Å². The van der Waals surface area contributed by atoms with E-state index in [-0.39, 0.29) is 0 Å². The topological polar surface area (TPSA) is 97.8 Å². The van der Waals surface area contributed by atoms with E-state index in [1.165, 1.54) is 0 Å². The summed E-state index contributed by atoms with van der Waals surface area (Å²) >= 11 is 0. The number of carbonyl (C=O) groups is 1. The second kappa shape index (κ2) is 4.32. The Kier molecular flexibility index (Phi) is 3.72. The van der Waals surface area contributed by atoms with Crippen molar-refractivity contribution in [3.8, 4) is 0 Å². The van der Waals surface area contributed by atoms with Crippen LogP contribution in [0.2, 0.25) is 0 Å². The van der Waals surface area contributed by atoms with Crippen LogP contribution in [0.5, 0.6) is 0 Å². The van der Waals surface area contributed by atoms with Crippen LogP contribution in [0.25, 0.3) is 0 Å². The first-order valence-electron chi connectivity index (χ1n) is 3.05. The van der Waals surface area contributed by atoms with Crippen LogP contribution in [0.3, 0.4) is 0 Å². The van der Waals surface area contributed by atoms with Crippen molar-refractivity contribution >= 4 is 6.03 Å². The van der Waals surface area contributed by atoms with Crippen molar-refractivity contribution in [2.45, 2.75) is 13.8 Å². The third-order valence-electron chi connectivity index (χ3n) is 1.08. The van der Waals surface area contributed by atoms with Crippen molar-refractivity contribution in [1.29, 1.82) is 0 Å². The van der Waals surface area contributed by atoms with E-state index in [1.54, 1.807) is 6.33 Å². The number of nitrogens with zero attached hydrogens (tertiary/aromatic N) is 1. The number of urea groups is 1. The molecular formula is C6H12N4O. The van der Waals surface area contributed by atoms with E-state index in [9.17, 15) is 0 Å². The molecule has 0 aliphatic rings. The van der Waals surface area contributed by atoms with E-state index in [1.807, 2.05) is 13.8 Å². The monoisotopic (exact) mass is 156 g/mol. The number of imidazole rings is 1. The van der Waals surface area contributed by atoms with Gasteiger partial charge in [0.2, 0.25) is 0 Å². The number of nitrogens with one attached hydrogen (secondary N) is 1. The normalized spacial score (nSPS) is 8.18. The summed E-state index contributed by atoms with van der Waals surface area (Å²) in [6.45, 7) is 3.98. The van der Waals surface area contributed by atoms with Crippen LogP contribution in [-0.4, -0.2) is 16.0 Å². The fourth-order valence-electron chi connectivity index (χ4n) is 0.427. The molecule has 5 nitrogen and oxygen atoms in total. The second-order valence-electron chi connectivity index (χ2n) is 2.02. The number of hydrogen-bond acceptors (Lipinski definition) is 2. The molecule has 0 fully saturated rings. The van der Waals surface area contributed by atoms with Crippen LogP contribution in [0, 0.1) is 13.8 Å². The van der Waals surface area contributed by atoms with E-state index in [0.717, 1.165) is 11.4 Å². The molecule has 1 aromatic heterocycles. The molecule has 11 heavy (non-hydrogen) atoms. The molecule has 0 aliphatic heterocycles. The summed E-state index contributed by atoms with van der Waals surface area (Å²) in [5.41, 5.74) is 10.7. The van der Waals surface area contributed by atoms with Gasteiger partial charge in [0.05, 0.1) is 12.0 Å². The smallest absolute Gasteiger partial charge is 0.309 e. The largest absolute Gasteiger partial charge is 0.352 e. The molecule has 0 saturated carbocycles. The van der Waals surface area contributed by atoms with Crippen LogP contribution >= 0.6 is 0 Å². The minimum atomic E-state index is -0.833. The van der Waals surface area contributed by atoms with Crippen molar-refractivity contribution in [1.82, 2.24) is 9.97 Å². The Bertz CT molecular complexity index is 210. The van der Waals surface area contributed by atoms with E-state index in [0.29, 0.717) is 0 Å². The van der Waals surface area contributed by atoms with Gasteiger partial charge in [-0.05, 0) is 13.8 Å². The van der Waals surface area contributed by atoms with Crippen molar-refractivity contribution in [3.05, 3.63) is 17.7 Å². The lowest BCUT2D eigenvalue weighted by atomic mass is 10.4. The highest BCUT2D eigenvalue weighted by Gasteiger charge is 1.87. The van der Waals surface area contributed by atoms with Crippen LogP contribution in [0.1, 0.15) is 11.4 Å². The molecule has 1 aromatic rings. The Morgan fingerprint density at radius 1 is 1.55 bits per heavy atom. The Morgan fingerprint density at radius 2 is 2.00 bits per heavy atom. The van der Waals surface area contributed by atoms with E-state index in [2.05, 4.69) is 21.4 Å². The summed E-state index contributed by atoms with van der Waals surface area (Å²) in [4.78, 5) is 15.9. The lowest BCUT2D eigenvalue weighted by Crippen LogP contribution is -2.18. The van der Waals surface area contributed by atoms with Gasteiger partial charge < -0.3 is 16.5 Å². The van der Waals surface area contributed by atoms with Crippen molar-refractivity contribution in [2.24, 2.45) is 11.5 Å². The van der Waals surface area contributed by atoms with Gasteiger partial charge >= 0.3 is 6.03 Å². The van der Waals surface area contributed by atoms with Gasteiger partial charge in [-0.25, -0.2) is 9.78 Å². The quantitative estimate of drug-likeness (QED) is 0.494. The number of rotatable bonds is 0. The Hall–Kier alpha value is -1.52. The van der Waals surface area contributed by atoms with Gasteiger partial charge in [-0.3, -0.25) is 0 Å². The first kappa shape index (κ1) is 9.48. The van der Waals surface area contributed by atoms with Gasteiger partial charge in [-0.2, -0.15) is 0 Å². The molecular weight excluding hydrogens is 144 g/mol. The summed E-state index contributed by atoms with van der Waals surface area (Å²) in [5, 5.41) is 0. The minimum Gasteiger partial charge on any atom is -0.352 e. The van der Waals surface area contributed by atoms with Crippen LogP contribution in [-0.2, 0) is 0 Å². The lowest BCUT2D eigenvalue weighted by molar-refractivity contribution is 0.256. The summed E-state index contributed by atoms with van der Waals surface area (Å²) in [6.07, 6.45) is 1.70. The highest BCUT2D eigenvalue weighted by atomic mass is 16.2. The van der Waals surface area contributed by atoms with Gasteiger partial charge in [-0.15, -0.1) is 0 Å². The fraction of sp³-hybridized carbons (Fsp3) is 0.333. The average Bonchev–Trinajstić information content (AvgIpc) is 2.15. The number of hydrogen-bond donors (Lipinski definition) is 3. The summed E-state index contributed by atoms with van der Waals surface area (Å²) in [5.74, 6) is 0. The molecule has 5 heteroatoms. The van der Waals surface area contributed by atoms with Gasteiger partial charge in [0.25, 0.3) is 0 Å². The molecule has 2 amide bonds. The number of H-pyrrole nitrogens is 1. The molecule has 0 aromatic carbocycles. The molecule has 62 valence electrons. The van der Waals surface area contributed by atoms with Gasteiger partial charge in [0.15, 0.2) is 0 Å². The maximum atomic E-state index is 9.00. The van der Waals surface area contributed by atoms with E-state index in [4.69, 9.17) is 4.79 Å². The maximum absolute atomic E-state index is 9.00. The molecule has 0 radical (unpaired) electrons. The highest BCUT2D eigenvalue weighted by Crippen LogP contribution is 1.94. The number of amides is 2. The second-order valence-corrected chi connectivity index (χ2v) is 2.02. The predicted molar refractivity (Wildman–Crippen MR) is 41.8 cm³/mol. The van der Waals surface area contributed by atoms with Crippen molar-refractivity contribution < 1.29 is 4.79 Å². The number of primary amides is 2. The first-order chi connectivity index (χ1) is 5.04. The van der Waals surface area contributed by atoms with E-state index >= 15 is 0 Å². The zero-order valence-corrected chi connectivity index (χ0v) is 6.59. The molecule has 0 saturated heterocycles. The predicted octanol–water partition coefficient (Wildman–Crippen LogP) is 0.0503. The molecule has 0 atom stereocenters. The average molecular weight is 156 g/mol. The summed E-state index contributed by atoms with van der Waals surface area (Å²) in [7, 11) is 0.